The second-order valence-corrected chi connectivity index (χ2v) is 8.92. The molecule has 1 aromatic heterocycles. The summed E-state index contributed by atoms with van der Waals surface area (Å²) in [6.45, 7) is 6.96. The number of carboxylic acid groups (broad SMARTS) is 1. The average molecular weight is 479 g/mol. The van der Waals surface area contributed by atoms with Gasteiger partial charge in [0.15, 0.2) is 6.04 Å². The van der Waals surface area contributed by atoms with Crippen LogP contribution in [-0.2, 0) is 22.4 Å². The minimum atomic E-state index is -1.06. The SMILES string of the molecule is CC=CC=CC(=O)N1CCc2ccc(OCCc3coc(/C=C/CCC(C)C)n3)cc2C1C(=O)O. The molecule has 7 nitrogen and oxygen atoms in total. The fourth-order valence-electron chi connectivity index (χ4n) is 3.93. The van der Waals surface area contributed by atoms with Crippen molar-refractivity contribution in [1.29, 1.82) is 0 Å². The van der Waals surface area contributed by atoms with Gasteiger partial charge in [-0.3, -0.25) is 4.79 Å². The van der Waals surface area contributed by atoms with Crippen LogP contribution in [0, 0.1) is 5.92 Å². The van der Waals surface area contributed by atoms with Crippen LogP contribution in [0.1, 0.15) is 62.4 Å². The molecule has 0 bridgehead atoms. The number of allylic oxidation sites excluding steroid dienone is 4. The van der Waals surface area contributed by atoms with E-state index < -0.39 is 12.0 Å². The maximum atomic E-state index is 12.6. The molecule has 0 saturated heterocycles. The molecule has 1 aliphatic heterocycles. The van der Waals surface area contributed by atoms with E-state index in [0.29, 0.717) is 49.1 Å². The van der Waals surface area contributed by atoms with Crippen LogP contribution >= 0.6 is 0 Å². The molecule has 0 radical (unpaired) electrons. The Bertz CT molecular complexity index is 1100. The van der Waals surface area contributed by atoms with Crippen LogP contribution in [0.25, 0.3) is 6.08 Å². The van der Waals surface area contributed by atoms with Gasteiger partial charge in [0.1, 0.15) is 12.0 Å². The lowest BCUT2D eigenvalue weighted by atomic mass is 9.92. The van der Waals surface area contributed by atoms with Crippen molar-refractivity contribution in [3.63, 3.8) is 0 Å². The van der Waals surface area contributed by atoms with Gasteiger partial charge in [-0.15, -0.1) is 0 Å². The third-order valence-electron chi connectivity index (χ3n) is 5.77. The number of carbonyl (C=O) groups excluding carboxylic acids is 1. The number of ether oxygens (including phenoxy) is 1. The molecule has 2 heterocycles. The highest BCUT2D eigenvalue weighted by Crippen LogP contribution is 2.33. The summed E-state index contributed by atoms with van der Waals surface area (Å²) in [6.07, 6.45) is 15.4. The van der Waals surface area contributed by atoms with E-state index in [1.807, 2.05) is 25.1 Å². The molecule has 3 rings (SSSR count). The third kappa shape index (κ3) is 7.44. The van der Waals surface area contributed by atoms with Gasteiger partial charge in [0, 0.05) is 19.0 Å². The van der Waals surface area contributed by atoms with E-state index in [1.165, 1.54) is 11.0 Å². The number of amides is 1. The highest BCUT2D eigenvalue weighted by molar-refractivity contribution is 5.92. The van der Waals surface area contributed by atoms with E-state index in [9.17, 15) is 14.7 Å². The highest BCUT2D eigenvalue weighted by Gasteiger charge is 2.35. The molecule has 0 saturated carbocycles. The van der Waals surface area contributed by atoms with Crippen molar-refractivity contribution in [3.8, 4) is 5.75 Å². The first-order valence-corrected chi connectivity index (χ1v) is 12.1. The van der Waals surface area contributed by atoms with E-state index >= 15 is 0 Å². The van der Waals surface area contributed by atoms with Crippen molar-refractivity contribution in [2.45, 2.75) is 52.5 Å². The minimum Gasteiger partial charge on any atom is -0.493 e. The Morgan fingerprint density at radius 2 is 2.14 bits per heavy atom. The Balaban J connectivity index is 1.62. The van der Waals surface area contributed by atoms with Gasteiger partial charge < -0.3 is 19.2 Å². The molecule has 0 spiro atoms. The molecule has 2 aromatic rings. The summed E-state index contributed by atoms with van der Waals surface area (Å²) in [5.41, 5.74) is 2.29. The van der Waals surface area contributed by atoms with E-state index in [0.717, 1.165) is 24.1 Å². The van der Waals surface area contributed by atoms with E-state index in [1.54, 1.807) is 30.6 Å². The molecule has 1 atom stereocenters. The van der Waals surface area contributed by atoms with Crippen molar-refractivity contribution in [3.05, 3.63) is 77.6 Å². The van der Waals surface area contributed by atoms with Crippen LogP contribution < -0.4 is 4.74 Å². The molecule has 1 unspecified atom stereocenters. The quantitative estimate of drug-likeness (QED) is 0.344. The molecule has 35 heavy (non-hydrogen) atoms. The second kappa shape index (κ2) is 12.7. The number of aromatic nitrogens is 1. The van der Waals surface area contributed by atoms with Gasteiger partial charge in [-0.2, -0.15) is 0 Å². The lowest BCUT2D eigenvalue weighted by molar-refractivity contribution is -0.149. The van der Waals surface area contributed by atoms with Crippen LogP contribution in [0.3, 0.4) is 0 Å². The first kappa shape index (κ1) is 26.0. The second-order valence-electron chi connectivity index (χ2n) is 8.92. The zero-order chi connectivity index (χ0) is 25.2. The van der Waals surface area contributed by atoms with Gasteiger partial charge >= 0.3 is 5.97 Å². The summed E-state index contributed by atoms with van der Waals surface area (Å²) in [6, 6.07) is 4.40. The van der Waals surface area contributed by atoms with Gasteiger partial charge in [0.05, 0.1) is 12.3 Å². The van der Waals surface area contributed by atoms with E-state index in [-0.39, 0.29) is 5.91 Å². The van der Waals surface area contributed by atoms with E-state index in [2.05, 4.69) is 24.9 Å². The summed E-state index contributed by atoms with van der Waals surface area (Å²) in [7, 11) is 0. The van der Waals surface area contributed by atoms with Gasteiger partial charge in [0.25, 0.3) is 0 Å². The van der Waals surface area contributed by atoms with Crippen LogP contribution in [0.5, 0.6) is 5.75 Å². The normalized spacial score (nSPS) is 16.0. The lowest BCUT2D eigenvalue weighted by Crippen LogP contribution is -2.42. The number of fused-ring (bicyclic) bond motifs is 1. The van der Waals surface area contributed by atoms with Crippen molar-refractivity contribution in [1.82, 2.24) is 9.88 Å². The number of hydrogen-bond donors (Lipinski definition) is 1. The fourth-order valence-corrected chi connectivity index (χ4v) is 3.93. The smallest absolute Gasteiger partial charge is 0.331 e. The first-order valence-electron chi connectivity index (χ1n) is 12.1. The molecule has 1 aliphatic rings. The summed E-state index contributed by atoms with van der Waals surface area (Å²) < 4.78 is 11.4. The Kier molecular flexibility index (Phi) is 9.47. The fraction of sp³-hybridized carbons (Fsp3) is 0.393. The zero-order valence-corrected chi connectivity index (χ0v) is 20.6. The monoisotopic (exact) mass is 478 g/mol. The van der Waals surface area contributed by atoms with Crippen LogP contribution in [0.15, 0.2) is 59.3 Å². The number of benzene rings is 1. The molecule has 0 fully saturated rings. The van der Waals surface area contributed by atoms with Crippen molar-refractivity contribution >= 4 is 18.0 Å². The maximum Gasteiger partial charge on any atom is 0.331 e. The molecule has 1 aromatic carbocycles. The number of hydrogen-bond acceptors (Lipinski definition) is 5. The standard InChI is InChI=1S/C28H34N2O5/c1-4-5-6-11-26(31)30-16-14-21-12-13-23(18-24(21)27(30)28(32)33)34-17-15-22-19-35-25(29-22)10-8-7-9-20(2)3/h4-6,8,10-13,18-20,27H,7,9,14-17H2,1-3H3,(H,32,33)/b5-4?,10-8+,11-6?. The summed E-state index contributed by atoms with van der Waals surface area (Å²) in [4.78, 5) is 30.6. The summed E-state index contributed by atoms with van der Waals surface area (Å²) in [5.74, 6) is 0.413. The lowest BCUT2D eigenvalue weighted by Gasteiger charge is -2.34. The molecule has 0 aliphatic carbocycles. The van der Waals surface area contributed by atoms with Gasteiger partial charge in [-0.1, -0.05) is 44.2 Å². The first-order chi connectivity index (χ1) is 16.9. The van der Waals surface area contributed by atoms with Gasteiger partial charge in [-0.25, -0.2) is 9.78 Å². The molecular formula is C28H34N2O5. The Morgan fingerprint density at radius 1 is 1.31 bits per heavy atom. The number of oxazole rings is 1. The predicted molar refractivity (Wildman–Crippen MR) is 135 cm³/mol. The topological polar surface area (TPSA) is 92.9 Å². The number of rotatable bonds is 11. The molecule has 1 N–H and O–H groups in total. The molecule has 7 heteroatoms. The van der Waals surface area contributed by atoms with Crippen molar-refractivity contribution < 1.29 is 23.8 Å². The summed E-state index contributed by atoms with van der Waals surface area (Å²) >= 11 is 0. The largest absolute Gasteiger partial charge is 0.493 e. The maximum absolute atomic E-state index is 12.6. The van der Waals surface area contributed by atoms with Gasteiger partial charge in [0.2, 0.25) is 11.8 Å². The van der Waals surface area contributed by atoms with Crippen molar-refractivity contribution in [2.24, 2.45) is 5.92 Å². The number of carboxylic acids is 1. The Labute approximate surface area is 206 Å². The predicted octanol–water partition coefficient (Wildman–Crippen LogP) is 5.39. The van der Waals surface area contributed by atoms with Crippen LogP contribution in [0.4, 0.5) is 0 Å². The average Bonchev–Trinajstić information content (AvgIpc) is 3.28. The number of aliphatic carboxylic acids is 1. The number of nitrogens with zero attached hydrogens (tertiary/aromatic N) is 2. The molecular weight excluding hydrogens is 444 g/mol. The number of carbonyl (C=O) groups is 2. The van der Waals surface area contributed by atoms with Crippen LogP contribution in [0.2, 0.25) is 0 Å². The molecule has 186 valence electrons. The zero-order valence-electron chi connectivity index (χ0n) is 20.6. The molecule has 1 amide bonds. The van der Waals surface area contributed by atoms with Crippen LogP contribution in [-0.4, -0.2) is 40.0 Å². The Morgan fingerprint density at radius 3 is 2.89 bits per heavy atom. The minimum absolute atomic E-state index is 0.326. The highest BCUT2D eigenvalue weighted by atomic mass is 16.5. The Hall–Kier alpha value is -3.61. The van der Waals surface area contributed by atoms with Crippen molar-refractivity contribution in [2.75, 3.05) is 13.2 Å². The van der Waals surface area contributed by atoms with E-state index in [4.69, 9.17) is 9.15 Å². The summed E-state index contributed by atoms with van der Waals surface area (Å²) in [5, 5.41) is 9.90. The van der Waals surface area contributed by atoms with Gasteiger partial charge in [-0.05, 0) is 61.4 Å². The third-order valence-corrected chi connectivity index (χ3v) is 5.77.